The van der Waals surface area contributed by atoms with E-state index in [0.717, 1.165) is 40.1 Å². The SMILES string of the molecule is C=CC1=C(C)[C@H](CC2=N/C(=C3\c4[nH]c(Cc5[nH]c(C=O)c(C)c5CC)c(C)c4C(=O)[C@@H]3C(=O)OC)[C@@H](CCC(=O)O)[C@@H]2C)NC1=O. The maximum atomic E-state index is 14.0. The normalized spacial score (nSPS) is 23.9. The van der Waals surface area contributed by atoms with Gasteiger partial charge < -0.3 is 25.1 Å². The first-order valence-electron chi connectivity index (χ1n) is 15.5. The Morgan fingerprint density at radius 3 is 2.41 bits per heavy atom. The number of Topliss-reactive ketones (excluding diaryl/α,β-unsaturated/α-hetero) is 1. The number of carbonyl (C=O) groups excluding carboxylic acids is 4. The van der Waals surface area contributed by atoms with Gasteiger partial charge in [0.2, 0.25) is 0 Å². The molecule has 2 aliphatic heterocycles. The van der Waals surface area contributed by atoms with Crippen molar-refractivity contribution in [1.82, 2.24) is 15.3 Å². The van der Waals surface area contributed by atoms with Crippen LogP contribution in [0.25, 0.3) is 5.57 Å². The number of methoxy groups -OCH3 is 1. The number of amides is 1. The standard InChI is InChI=1S/C35H40N4O7/c1-8-19-15(3)26(14-40)36-25(19)13-24-18(6)28-32(38-24)29(30(33(28)43)35(45)46-7)31-21(10-11-27(41)42)17(5)22(37-31)12-23-16(4)20(9-2)34(44)39-23/h9,14,17,21,23,30,36,38H,2,8,10-13H2,1,3-7H3,(H,39,44)(H,41,42)/b31-29-/t17-,21-,23-,30+/m0/s1. The minimum absolute atomic E-state index is 0.127. The lowest BCUT2D eigenvalue weighted by molar-refractivity contribution is -0.142. The van der Waals surface area contributed by atoms with Gasteiger partial charge in [-0.2, -0.15) is 0 Å². The number of allylic oxidation sites excluding steroid dienone is 1. The van der Waals surface area contributed by atoms with Crippen molar-refractivity contribution in [1.29, 1.82) is 0 Å². The van der Waals surface area contributed by atoms with Crippen LogP contribution in [0.5, 0.6) is 0 Å². The first-order valence-corrected chi connectivity index (χ1v) is 15.5. The number of aromatic amines is 2. The van der Waals surface area contributed by atoms with Crippen LogP contribution in [-0.4, -0.2) is 63.9 Å². The number of aldehydes is 1. The second kappa shape index (κ2) is 12.5. The number of aliphatic carboxylic acids is 1. The van der Waals surface area contributed by atoms with Gasteiger partial charge in [0.05, 0.1) is 30.2 Å². The van der Waals surface area contributed by atoms with Crippen molar-refractivity contribution in [2.24, 2.45) is 22.7 Å². The highest BCUT2D eigenvalue weighted by atomic mass is 16.5. The Morgan fingerprint density at radius 2 is 1.83 bits per heavy atom. The van der Waals surface area contributed by atoms with E-state index in [1.807, 2.05) is 34.6 Å². The Kier molecular flexibility index (Phi) is 8.88. The summed E-state index contributed by atoms with van der Waals surface area (Å²) in [7, 11) is 1.23. The third-order valence-corrected chi connectivity index (χ3v) is 9.99. The number of aromatic nitrogens is 2. The van der Waals surface area contributed by atoms with Crippen LogP contribution in [0.1, 0.15) is 94.7 Å². The first kappa shape index (κ1) is 32.6. The first-order chi connectivity index (χ1) is 21.9. The van der Waals surface area contributed by atoms with Crippen molar-refractivity contribution in [2.45, 2.75) is 72.8 Å². The van der Waals surface area contributed by atoms with Crippen molar-refractivity contribution >= 4 is 41.2 Å². The van der Waals surface area contributed by atoms with Crippen LogP contribution in [0.2, 0.25) is 0 Å². The summed E-state index contributed by atoms with van der Waals surface area (Å²) in [5, 5.41) is 12.6. The van der Waals surface area contributed by atoms with Crippen molar-refractivity contribution in [3.05, 3.63) is 74.5 Å². The lowest BCUT2D eigenvalue weighted by Crippen LogP contribution is -2.32. The van der Waals surface area contributed by atoms with Gasteiger partial charge in [-0.15, -0.1) is 0 Å². The van der Waals surface area contributed by atoms with Crippen LogP contribution in [-0.2, 0) is 32.0 Å². The van der Waals surface area contributed by atoms with Crippen LogP contribution in [0.15, 0.2) is 34.5 Å². The van der Waals surface area contributed by atoms with Crippen molar-refractivity contribution in [3.8, 4) is 0 Å². The number of hydrogen-bond donors (Lipinski definition) is 4. The molecule has 2 aromatic heterocycles. The largest absolute Gasteiger partial charge is 0.481 e. The van der Waals surface area contributed by atoms with Crippen molar-refractivity contribution in [3.63, 3.8) is 0 Å². The molecule has 4 heterocycles. The molecule has 1 amide bonds. The number of carboxylic acids is 1. The average Bonchev–Trinajstić information content (AvgIpc) is 3.76. The number of nitrogens with one attached hydrogen (secondary N) is 3. The third kappa shape index (κ3) is 5.27. The molecule has 0 fully saturated rings. The number of nitrogens with zero attached hydrogens (tertiary/aromatic N) is 1. The highest BCUT2D eigenvalue weighted by molar-refractivity contribution is 6.24. The van der Waals surface area contributed by atoms with Gasteiger partial charge in [-0.25, -0.2) is 0 Å². The third-order valence-electron chi connectivity index (χ3n) is 9.99. The summed E-state index contributed by atoms with van der Waals surface area (Å²) in [6, 6.07) is -0.309. The van der Waals surface area contributed by atoms with Gasteiger partial charge in [0.15, 0.2) is 12.1 Å². The van der Waals surface area contributed by atoms with Gasteiger partial charge >= 0.3 is 11.9 Å². The van der Waals surface area contributed by atoms with Crippen LogP contribution < -0.4 is 5.32 Å². The summed E-state index contributed by atoms with van der Waals surface area (Å²) in [4.78, 5) is 74.8. The predicted molar refractivity (Wildman–Crippen MR) is 172 cm³/mol. The summed E-state index contributed by atoms with van der Waals surface area (Å²) < 4.78 is 5.11. The molecule has 0 saturated carbocycles. The van der Waals surface area contributed by atoms with E-state index in [4.69, 9.17) is 9.73 Å². The summed E-state index contributed by atoms with van der Waals surface area (Å²) in [6.07, 6.45) is 3.96. The molecule has 0 bridgehead atoms. The number of carboxylic acid groups (broad SMARTS) is 1. The number of carbonyl (C=O) groups is 5. The molecule has 2 aromatic rings. The Balaban J connectivity index is 1.66. The summed E-state index contributed by atoms with van der Waals surface area (Å²) in [5.41, 5.74) is 8.62. The molecule has 0 radical (unpaired) electrons. The molecule has 46 heavy (non-hydrogen) atoms. The molecule has 4 N–H and O–H groups in total. The second-order valence-corrected chi connectivity index (χ2v) is 12.3. The van der Waals surface area contributed by atoms with E-state index in [-0.39, 0.29) is 30.7 Å². The van der Waals surface area contributed by atoms with E-state index in [1.165, 1.54) is 13.2 Å². The number of fused-ring (bicyclic) bond motifs is 1. The zero-order valence-electron chi connectivity index (χ0n) is 27.1. The van der Waals surface area contributed by atoms with E-state index in [2.05, 4.69) is 21.9 Å². The Morgan fingerprint density at radius 1 is 1.11 bits per heavy atom. The maximum Gasteiger partial charge on any atom is 0.321 e. The second-order valence-electron chi connectivity index (χ2n) is 12.3. The summed E-state index contributed by atoms with van der Waals surface area (Å²) in [5.74, 6) is -4.15. The molecule has 0 spiro atoms. The topological polar surface area (TPSA) is 171 Å². The Labute approximate surface area is 267 Å². The number of rotatable bonds is 11. The van der Waals surface area contributed by atoms with E-state index in [9.17, 15) is 29.1 Å². The Hall–Kier alpha value is -4.80. The van der Waals surface area contributed by atoms with Crippen molar-refractivity contribution < 1.29 is 33.8 Å². The van der Waals surface area contributed by atoms with Gasteiger partial charge in [-0.05, 0) is 55.9 Å². The molecular formula is C35H40N4O7. The number of aliphatic imine (C=N–C) groups is 1. The number of H-pyrrole nitrogens is 2. The van der Waals surface area contributed by atoms with Gasteiger partial charge in [-0.3, -0.25) is 29.0 Å². The van der Waals surface area contributed by atoms with Gasteiger partial charge in [0.1, 0.15) is 5.92 Å². The van der Waals surface area contributed by atoms with E-state index < -0.39 is 29.6 Å². The lowest BCUT2D eigenvalue weighted by Gasteiger charge is -2.21. The molecule has 0 unspecified atom stereocenters. The van der Waals surface area contributed by atoms with E-state index in [1.54, 1.807) is 0 Å². The molecule has 0 saturated heterocycles. The quantitative estimate of drug-likeness (QED) is 0.160. The molecule has 1 aliphatic carbocycles. The smallest absolute Gasteiger partial charge is 0.321 e. The lowest BCUT2D eigenvalue weighted by atomic mass is 9.82. The molecule has 0 aromatic carbocycles. The van der Waals surface area contributed by atoms with Crippen LogP contribution >= 0.6 is 0 Å². The van der Waals surface area contributed by atoms with E-state index >= 15 is 0 Å². The van der Waals surface area contributed by atoms with Crippen LogP contribution in [0.4, 0.5) is 0 Å². The zero-order valence-corrected chi connectivity index (χ0v) is 27.1. The van der Waals surface area contributed by atoms with E-state index in [0.29, 0.717) is 58.6 Å². The monoisotopic (exact) mass is 628 g/mol. The minimum atomic E-state index is -1.25. The average molecular weight is 629 g/mol. The van der Waals surface area contributed by atoms with Gasteiger partial charge in [0, 0.05) is 64.9 Å². The van der Waals surface area contributed by atoms with Crippen LogP contribution in [0.3, 0.4) is 0 Å². The number of ether oxygens (including phenoxy) is 1. The molecule has 4 atom stereocenters. The highest BCUT2D eigenvalue weighted by Gasteiger charge is 2.48. The Bertz CT molecular complexity index is 1780. The predicted octanol–water partition coefficient (Wildman–Crippen LogP) is 4.58. The maximum absolute atomic E-state index is 14.0. The van der Waals surface area contributed by atoms with Crippen molar-refractivity contribution in [2.75, 3.05) is 7.11 Å². The van der Waals surface area contributed by atoms with Gasteiger partial charge in [-0.1, -0.05) is 26.5 Å². The number of esters is 1. The highest BCUT2D eigenvalue weighted by Crippen LogP contribution is 2.48. The molecular weight excluding hydrogens is 588 g/mol. The molecule has 3 aliphatic rings. The molecule has 11 heteroatoms. The zero-order chi connectivity index (χ0) is 33.6. The summed E-state index contributed by atoms with van der Waals surface area (Å²) in [6.45, 7) is 13.3. The fourth-order valence-corrected chi connectivity index (χ4v) is 7.36. The van der Waals surface area contributed by atoms with Crippen LogP contribution in [0, 0.1) is 31.6 Å². The number of ketones is 1. The number of hydrogen-bond acceptors (Lipinski definition) is 7. The fourth-order valence-electron chi connectivity index (χ4n) is 7.36. The molecule has 242 valence electrons. The molecule has 11 nitrogen and oxygen atoms in total. The van der Waals surface area contributed by atoms with Gasteiger partial charge in [0.25, 0.3) is 5.91 Å². The minimum Gasteiger partial charge on any atom is -0.481 e. The molecule has 5 rings (SSSR count). The summed E-state index contributed by atoms with van der Waals surface area (Å²) >= 11 is 0. The fraction of sp³-hybridized carbons (Fsp3) is 0.429.